The zero-order valence-corrected chi connectivity index (χ0v) is 19.6. The molecule has 3 heterocycles. The molecule has 0 spiro atoms. The molecule has 3 atom stereocenters. The lowest BCUT2D eigenvalue weighted by Crippen LogP contribution is -2.71. The molecule has 13 nitrogen and oxygen atoms in total. The van der Waals surface area contributed by atoms with Gasteiger partial charge in [-0.1, -0.05) is 5.16 Å². The topological polar surface area (TPSA) is 190 Å². The number of hydrogen-bond acceptors (Lipinski definition) is 12. The number of amides is 2. The second-order valence-electron chi connectivity index (χ2n) is 7.46. The van der Waals surface area contributed by atoms with Crippen LogP contribution in [0.2, 0.25) is 0 Å². The number of thiazole rings is 1. The molecule has 1 saturated heterocycles. The summed E-state index contributed by atoms with van der Waals surface area (Å²) < 4.78 is 5.31. The molecule has 2 unspecified atom stereocenters. The van der Waals surface area contributed by atoms with Gasteiger partial charge < -0.3 is 21.0 Å². The molecule has 4 N–H and O–H groups in total. The number of rotatable bonds is 7. The van der Waals surface area contributed by atoms with Crippen LogP contribution in [0.5, 0.6) is 0 Å². The van der Waals surface area contributed by atoms with Crippen molar-refractivity contribution in [2.24, 2.45) is 5.16 Å². The normalized spacial score (nSPS) is 21.5. The van der Waals surface area contributed by atoms with Gasteiger partial charge in [-0.3, -0.25) is 24.6 Å². The van der Waals surface area contributed by atoms with E-state index in [0.29, 0.717) is 5.56 Å². The van der Waals surface area contributed by atoms with Crippen LogP contribution in [-0.2, 0) is 25.7 Å². The summed E-state index contributed by atoms with van der Waals surface area (Å²) in [6.07, 6.45) is 1.59. The van der Waals surface area contributed by atoms with Gasteiger partial charge in [0.2, 0.25) is 0 Å². The number of anilines is 1. The monoisotopic (exact) mass is 518 g/mol. The number of ether oxygens (including phenoxy) is 1. The first-order valence-corrected chi connectivity index (χ1v) is 11.9. The molecule has 0 radical (unpaired) electrons. The van der Waals surface area contributed by atoms with Gasteiger partial charge in [-0.05, 0) is 30.7 Å². The number of oxime groups is 1. The number of carbonyl (C=O) groups excluding carboxylic acids is 3. The smallest absolute Gasteiger partial charge is 0.355 e. The number of thioether (sulfide) groups is 1. The number of esters is 1. The van der Waals surface area contributed by atoms with Gasteiger partial charge in [-0.2, -0.15) is 0 Å². The minimum atomic E-state index is -0.964. The summed E-state index contributed by atoms with van der Waals surface area (Å²) in [4.78, 5) is 53.6. The standard InChI is InChI=1S/C20H18N6O7S2/c1-9-6-13(19(29)33-7-10-2-4-11(5-3-10)26(31)32)25-17(28)15(18(25)35-9)23-16(27)14(24-30)12-8-34-20(21)22-12/h2-6,8-9,15,18,30H,7H2,1H3,(H2,21,22)(H,23,27)/b24-14+/t9?,15?,18-/m1/s1. The second-order valence-corrected chi connectivity index (χ2v) is 9.85. The Morgan fingerprint density at radius 3 is 2.69 bits per heavy atom. The Hall–Kier alpha value is -3.98. The molecule has 2 aromatic rings. The number of nitrogens with zero attached hydrogens (tertiary/aromatic N) is 4. The van der Waals surface area contributed by atoms with Gasteiger partial charge in [0.1, 0.15) is 29.4 Å². The number of nitrogens with one attached hydrogen (secondary N) is 1. The van der Waals surface area contributed by atoms with Gasteiger partial charge in [-0.15, -0.1) is 23.1 Å². The Morgan fingerprint density at radius 1 is 1.37 bits per heavy atom. The molecule has 0 aliphatic carbocycles. The average Bonchev–Trinajstić information content (AvgIpc) is 3.26. The molecule has 1 fully saturated rings. The molecule has 15 heteroatoms. The van der Waals surface area contributed by atoms with Crippen molar-refractivity contribution in [3.63, 3.8) is 0 Å². The fourth-order valence-corrected chi connectivity index (χ4v) is 5.35. The largest absolute Gasteiger partial charge is 0.456 e. The number of aromatic nitrogens is 1. The van der Waals surface area contributed by atoms with E-state index >= 15 is 0 Å². The number of nitrogens with two attached hydrogens (primary N) is 1. The minimum Gasteiger partial charge on any atom is -0.456 e. The van der Waals surface area contributed by atoms with Crippen molar-refractivity contribution in [2.75, 3.05) is 5.73 Å². The first kappa shape index (κ1) is 24.2. The van der Waals surface area contributed by atoms with Crippen LogP contribution >= 0.6 is 23.1 Å². The molecule has 4 rings (SSSR count). The predicted molar refractivity (Wildman–Crippen MR) is 125 cm³/mol. The van der Waals surface area contributed by atoms with E-state index in [2.05, 4.69) is 15.5 Å². The molecular formula is C20H18N6O7S2. The quantitative estimate of drug-likeness (QED) is 0.120. The Kier molecular flexibility index (Phi) is 6.70. The summed E-state index contributed by atoms with van der Waals surface area (Å²) in [6.45, 7) is 1.68. The van der Waals surface area contributed by atoms with Gasteiger partial charge in [0, 0.05) is 22.8 Å². The summed E-state index contributed by atoms with van der Waals surface area (Å²) in [5, 5.41) is 26.4. The zero-order valence-electron chi connectivity index (χ0n) is 18.0. The first-order chi connectivity index (χ1) is 16.7. The molecule has 2 aliphatic heterocycles. The molecule has 0 saturated carbocycles. The summed E-state index contributed by atoms with van der Waals surface area (Å²) in [7, 11) is 0. The van der Waals surface area contributed by atoms with Crippen LogP contribution in [0.3, 0.4) is 0 Å². The molecule has 35 heavy (non-hydrogen) atoms. The van der Waals surface area contributed by atoms with Crippen LogP contribution in [0.4, 0.5) is 10.8 Å². The Balaban J connectivity index is 1.41. The molecule has 182 valence electrons. The number of non-ortho nitro benzene ring substituents is 1. The van der Waals surface area contributed by atoms with Gasteiger partial charge in [0.25, 0.3) is 17.5 Å². The Labute approximate surface area is 205 Å². The van der Waals surface area contributed by atoms with E-state index in [1.54, 1.807) is 6.08 Å². The maximum absolute atomic E-state index is 12.8. The third-order valence-electron chi connectivity index (χ3n) is 5.14. The van der Waals surface area contributed by atoms with Crippen LogP contribution < -0.4 is 11.1 Å². The van der Waals surface area contributed by atoms with E-state index in [1.165, 1.54) is 46.3 Å². The lowest BCUT2D eigenvalue weighted by molar-refractivity contribution is -0.384. The van der Waals surface area contributed by atoms with E-state index < -0.39 is 39.8 Å². The number of nitro groups is 1. The third kappa shape index (κ3) is 4.81. The molecular weight excluding hydrogens is 500 g/mol. The average molecular weight is 519 g/mol. The summed E-state index contributed by atoms with van der Waals surface area (Å²) in [5.74, 6) is -2.09. The fourth-order valence-electron chi connectivity index (χ4n) is 3.48. The molecule has 1 aromatic carbocycles. The number of β-lactam (4-membered cyclic amide) rings is 1. The summed E-state index contributed by atoms with van der Waals surface area (Å²) in [6, 6.07) is 4.58. The number of nitro benzene ring substituents is 1. The van der Waals surface area contributed by atoms with Crippen molar-refractivity contribution in [3.05, 3.63) is 62.8 Å². The highest BCUT2D eigenvalue weighted by Gasteiger charge is 2.54. The van der Waals surface area contributed by atoms with Gasteiger partial charge in [0.05, 0.1) is 4.92 Å². The van der Waals surface area contributed by atoms with Gasteiger partial charge in [0.15, 0.2) is 10.8 Å². The van der Waals surface area contributed by atoms with Gasteiger partial charge >= 0.3 is 5.97 Å². The number of nitrogen functional groups attached to an aromatic ring is 1. The fraction of sp³-hybridized carbons (Fsp3) is 0.250. The highest BCUT2D eigenvalue weighted by atomic mass is 32.2. The van der Waals surface area contributed by atoms with Crippen molar-refractivity contribution in [1.29, 1.82) is 0 Å². The van der Waals surface area contributed by atoms with Gasteiger partial charge in [-0.25, -0.2) is 9.78 Å². The van der Waals surface area contributed by atoms with Crippen molar-refractivity contribution >= 4 is 57.4 Å². The molecule has 0 bridgehead atoms. The number of hydrogen-bond donors (Lipinski definition) is 3. The van der Waals surface area contributed by atoms with E-state index in [4.69, 9.17) is 10.5 Å². The molecule has 1 aromatic heterocycles. The Bertz CT molecular complexity index is 1260. The molecule has 2 aliphatic rings. The second kappa shape index (κ2) is 9.71. The van der Waals surface area contributed by atoms with Crippen molar-refractivity contribution < 1.29 is 29.3 Å². The van der Waals surface area contributed by atoms with Crippen molar-refractivity contribution in [2.45, 2.75) is 30.2 Å². The maximum Gasteiger partial charge on any atom is 0.355 e. The van der Waals surface area contributed by atoms with Crippen LogP contribution in [0.15, 0.2) is 46.6 Å². The number of carbonyl (C=O) groups is 3. The van der Waals surface area contributed by atoms with Crippen LogP contribution in [-0.4, -0.2) is 60.2 Å². The van der Waals surface area contributed by atoms with E-state index in [-0.39, 0.29) is 34.1 Å². The predicted octanol–water partition coefficient (Wildman–Crippen LogP) is 1.23. The SMILES string of the molecule is CC1C=C(C(=O)OCc2ccc([N+](=O)[O-])cc2)N2C(=O)C(NC(=O)/C(=N/O)c3csc(N)n3)[C@H]2S1. The lowest BCUT2D eigenvalue weighted by atomic mass is 10.0. The van der Waals surface area contributed by atoms with Crippen LogP contribution in [0.1, 0.15) is 18.2 Å². The maximum atomic E-state index is 12.8. The highest BCUT2D eigenvalue weighted by molar-refractivity contribution is 8.00. The third-order valence-corrected chi connectivity index (χ3v) is 7.14. The Morgan fingerprint density at radius 2 is 2.09 bits per heavy atom. The van der Waals surface area contributed by atoms with E-state index in [0.717, 1.165) is 11.3 Å². The minimum absolute atomic E-state index is 0.0435. The summed E-state index contributed by atoms with van der Waals surface area (Å²) in [5.41, 5.74) is 5.73. The van der Waals surface area contributed by atoms with E-state index in [1.807, 2.05) is 6.92 Å². The lowest BCUT2D eigenvalue weighted by Gasteiger charge is -2.49. The van der Waals surface area contributed by atoms with Crippen LogP contribution in [0, 0.1) is 10.1 Å². The van der Waals surface area contributed by atoms with Crippen LogP contribution in [0.25, 0.3) is 0 Å². The number of fused-ring (bicyclic) bond motifs is 1. The van der Waals surface area contributed by atoms with E-state index in [9.17, 15) is 29.7 Å². The van der Waals surface area contributed by atoms with Crippen molar-refractivity contribution in [3.8, 4) is 0 Å². The number of benzene rings is 1. The highest BCUT2D eigenvalue weighted by Crippen LogP contribution is 2.41. The first-order valence-electron chi connectivity index (χ1n) is 10.0. The zero-order chi connectivity index (χ0) is 25.3. The molecule has 2 amide bonds. The van der Waals surface area contributed by atoms with Crippen molar-refractivity contribution in [1.82, 2.24) is 15.2 Å². The summed E-state index contributed by atoms with van der Waals surface area (Å²) >= 11 is 2.41.